The number of hydrogen-bond donors (Lipinski definition) is 0. The van der Waals surface area contributed by atoms with Gasteiger partial charge in [0.1, 0.15) is 0 Å². The molecule has 0 bridgehead atoms. The zero-order valence-corrected chi connectivity index (χ0v) is 34.6. The second kappa shape index (κ2) is 13.0. The molecule has 6 heteroatoms. The monoisotopic (exact) mass is 772 g/mol. The first kappa shape index (κ1) is 35.4. The van der Waals surface area contributed by atoms with Crippen molar-refractivity contribution >= 4 is 76.9 Å². The van der Waals surface area contributed by atoms with Gasteiger partial charge in [0.2, 0.25) is 0 Å². The maximum atomic E-state index is 19.2. The van der Waals surface area contributed by atoms with Crippen molar-refractivity contribution in [2.75, 3.05) is 0 Å². The topological polar surface area (TPSA) is 0 Å². The summed E-state index contributed by atoms with van der Waals surface area (Å²) >= 11 is 5.93. The summed E-state index contributed by atoms with van der Waals surface area (Å²) in [6, 6.07) is 16.9. The molecule has 0 radical (unpaired) electrons. The number of rotatable bonds is 6. The van der Waals surface area contributed by atoms with E-state index in [-0.39, 0.29) is 3.86 Å². The normalized spacial score (nSPS) is 12.9. The van der Waals surface area contributed by atoms with Crippen molar-refractivity contribution in [3.63, 3.8) is 0 Å². The second-order valence-corrected chi connectivity index (χ2v) is 29.9. The molecule has 0 aromatic heterocycles. The van der Waals surface area contributed by atoms with Crippen molar-refractivity contribution in [3.8, 4) is 0 Å². The van der Waals surface area contributed by atoms with Crippen LogP contribution in [0.2, 0.25) is 0 Å². The van der Waals surface area contributed by atoms with E-state index < -0.39 is 26.1 Å². The van der Waals surface area contributed by atoms with Crippen molar-refractivity contribution in [1.82, 2.24) is 0 Å². The van der Waals surface area contributed by atoms with Crippen LogP contribution in [0.1, 0.15) is 66.8 Å². The van der Waals surface area contributed by atoms with Gasteiger partial charge in [0.15, 0.2) is 0 Å². The van der Waals surface area contributed by atoms with Crippen LogP contribution in [-0.2, 0) is 0 Å². The Morgan fingerprint density at radius 1 is 0.409 bits per heavy atom. The van der Waals surface area contributed by atoms with Crippen LogP contribution in [0.15, 0.2) is 56.3 Å². The summed E-state index contributed by atoms with van der Waals surface area (Å²) in [5, 5.41) is 0. The van der Waals surface area contributed by atoms with Gasteiger partial charge < -0.3 is 0 Å². The van der Waals surface area contributed by atoms with Crippen LogP contribution in [0.5, 0.6) is 0 Å². The summed E-state index contributed by atoms with van der Waals surface area (Å²) in [5.74, 6) is 0. The Hall–Kier alpha value is -1.49. The van der Waals surface area contributed by atoms with E-state index in [1.54, 1.807) is 0 Å². The number of benzene rings is 4. The zero-order valence-electron chi connectivity index (χ0n) is 28.1. The molecule has 232 valence electrons. The molecule has 0 saturated carbocycles. The van der Waals surface area contributed by atoms with Crippen molar-refractivity contribution in [3.05, 3.63) is 123 Å². The average Bonchev–Trinajstić information content (AvgIpc) is 2.85. The van der Waals surface area contributed by atoms with E-state index in [1.807, 2.05) is 27.7 Å². The molecule has 0 heterocycles. The number of hydrogen-bond acceptors (Lipinski definition) is 0. The van der Waals surface area contributed by atoms with E-state index in [0.717, 1.165) is 75.6 Å². The molecule has 0 aliphatic carbocycles. The molecule has 0 atom stereocenters. The summed E-state index contributed by atoms with van der Waals surface area (Å²) in [7, 11) is 8.23. The molecular weight excluding hydrogens is 727 g/mol. The Bertz CT molecular complexity index is 1500. The first-order valence-electron chi connectivity index (χ1n) is 15.1. The van der Waals surface area contributed by atoms with E-state index in [0.29, 0.717) is 12.7 Å². The number of halogens is 4. The fourth-order valence-corrected chi connectivity index (χ4v) is 34.4. The fourth-order valence-electron chi connectivity index (χ4n) is 7.89. The van der Waals surface area contributed by atoms with Crippen molar-refractivity contribution in [2.45, 2.75) is 83.1 Å². The molecular formula is C38H44Cl3FGe2. The van der Waals surface area contributed by atoms with Crippen LogP contribution >= 0.6 is 33.2 Å². The molecule has 0 N–H and O–H groups in total. The van der Waals surface area contributed by atoms with Crippen molar-refractivity contribution in [1.29, 1.82) is 0 Å². The van der Waals surface area contributed by atoms with Crippen LogP contribution in [0.25, 0.3) is 0 Å². The summed E-state index contributed by atoms with van der Waals surface area (Å²) in [6.45, 7) is 24.7. The third kappa shape index (κ3) is 6.02. The zero-order chi connectivity index (χ0) is 33.0. The molecule has 4 rings (SSSR count). The van der Waals surface area contributed by atoms with Gasteiger partial charge in [-0.05, 0) is 0 Å². The van der Waals surface area contributed by atoms with E-state index in [2.05, 4.69) is 104 Å². The molecule has 0 spiro atoms. The fraction of sp³-hybridized carbons (Fsp3) is 0.316. The Morgan fingerprint density at radius 2 is 0.614 bits per heavy atom. The minimum absolute atomic E-state index is 0.144. The van der Waals surface area contributed by atoms with Crippen LogP contribution in [0.3, 0.4) is 0 Å². The van der Waals surface area contributed by atoms with Gasteiger partial charge in [-0.1, -0.05) is 0 Å². The van der Waals surface area contributed by atoms with E-state index in [4.69, 9.17) is 33.2 Å². The quantitative estimate of drug-likeness (QED) is 0.172. The minimum atomic E-state index is -5.14. The molecule has 0 saturated heterocycles. The standard InChI is InChI=1S/C38H44Cl3FGe2/c1-21-13-25(5)33(26(6)14-21)43(41,34-27(7)15-22(2)16-28(34)8)37(39)38(40)44(42,35-29(9)17-23(3)18-30(35)10)36-31(11)19-24(4)20-32(36)12/h13-20H,1-12H3/b38-37+. The predicted octanol–water partition coefficient (Wildman–Crippen LogP) is 9.18. The SMILES string of the molecule is Cc1cc(C)[c]([Ge]([F])(/[C](Cl)=[C](\Cl)[Ge]([Cl])([c]2c(C)cc(C)cc2C)[c]2c(C)cc(C)cc2C)[c]2c(C)cc(C)cc2C)c(C)c1. The molecule has 0 unspecified atom stereocenters. The molecule has 0 fully saturated rings. The van der Waals surface area contributed by atoms with Gasteiger partial charge in [-0.25, -0.2) is 0 Å². The van der Waals surface area contributed by atoms with Crippen LogP contribution in [0, 0.1) is 83.1 Å². The van der Waals surface area contributed by atoms with Crippen LogP contribution in [0.4, 0.5) is 3.50 Å². The van der Waals surface area contributed by atoms with Gasteiger partial charge in [-0.3, -0.25) is 0 Å². The molecule has 4 aromatic carbocycles. The van der Waals surface area contributed by atoms with Gasteiger partial charge in [-0.2, -0.15) is 0 Å². The van der Waals surface area contributed by atoms with Crippen LogP contribution in [-0.4, -0.2) is 26.1 Å². The molecule has 0 aliphatic rings. The van der Waals surface area contributed by atoms with Crippen molar-refractivity contribution < 1.29 is 3.50 Å². The van der Waals surface area contributed by atoms with Gasteiger partial charge in [0, 0.05) is 0 Å². The average molecular weight is 771 g/mol. The molecule has 0 aliphatic heterocycles. The first-order valence-corrected chi connectivity index (χ1v) is 25.7. The van der Waals surface area contributed by atoms with Crippen molar-refractivity contribution in [2.24, 2.45) is 0 Å². The van der Waals surface area contributed by atoms with Gasteiger partial charge in [0.05, 0.1) is 0 Å². The number of aryl methyl sites for hydroxylation is 12. The third-order valence-electron chi connectivity index (χ3n) is 8.88. The van der Waals surface area contributed by atoms with Gasteiger partial charge >= 0.3 is 286 Å². The van der Waals surface area contributed by atoms with Gasteiger partial charge in [-0.15, -0.1) is 0 Å². The summed E-state index contributed by atoms with van der Waals surface area (Å²) in [6.07, 6.45) is 0. The Balaban J connectivity index is 2.28. The molecule has 4 aromatic rings. The Kier molecular flexibility index (Phi) is 10.4. The maximum absolute atomic E-state index is 19.2. The Labute approximate surface area is 284 Å². The van der Waals surface area contributed by atoms with Gasteiger partial charge in [0.25, 0.3) is 0 Å². The summed E-state index contributed by atoms with van der Waals surface area (Å²) < 4.78 is 23.2. The van der Waals surface area contributed by atoms with Crippen LogP contribution < -0.4 is 17.6 Å². The van der Waals surface area contributed by atoms with E-state index in [9.17, 15) is 0 Å². The summed E-state index contributed by atoms with van der Waals surface area (Å²) in [5.41, 5.74) is 12.4. The molecule has 0 amide bonds. The first-order chi connectivity index (χ1) is 20.3. The molecule has 0 nitrogen and oxygen atoms in total. The third-order valence-corrected chi connectivity index (χ3v) is 33.4. The van der Waals surface area contributed by atoms with E-state index in [1.165, 1.54) is 0 Å². The van der Waals surface area contributed by atoms with E-state index >= 15 is 3.50 Å². The predicted molar refractivity (Wildman–Crippen MR) is 198 cm³/mol. The summed E-state index contributed by atoms with van der Waals surface area (Å²) in [4.78, 5) is 0. The Morgan fingerprint density at radius 3 is 0.841 bits per heavy atom. The second-order valence-electron chi connectivity index (χ2n) is 13.0. The molecule has 44 heavy (non-hydrogen) atoms.